The summed E-state index contributed by atoms with van der Waals surface area (Å²) in [7, 11) is 1.52. The SMILES string of the molecule is CN(C(=O)NC1CCCC1(C)C)C(C)(C)C(=O)O. The predicted octanol–water partition coefficient (Wildman–Crippen LogP) is 2.07. The maximum absolute atomic E-state index is 12.1. The van der Waals surface area contributed by atoms with Gasteiger partial charge < -0.3 is 15.3 Å². The molecule has 0 saturated heterocycles. The van der Waals surface area contributed by atoms with Gasteiger partial charge in [-0.05, 0) is 32.1 Å². The van der Waals surface area contributed by atoms with Crippen molar-refractivity contribution in [3.63, 3.8) is 0 Å². The lowest BCUT2D eigenvalue weighted by Gasteiger charge is -2.35. The lowest BCUT2D eigenvalue weighted by molar-refractivity contribution is -0.146. The van der Waals surface area contributed by atoms with E-state index < -0.39 is 11.5 Å². The topological polar surface area (TPSA) is 69.6 Å². The van der Waals surface area contributed by atoms with Gasteiger partial charge in [0, 0.05) is 13.1 Å². The maximum atomic E-state index is 12.1. The number of nitrogens with zero attached hydrogens (tertiary/aromatic N) is 1. The third-order valence-electron chi connectivity index (χ3n) is 4.22. The number of likely N-dealkylation sites (N-methyl/N-ethyl adjacent to an activating group) is 1. The average molecular weight is 256 g/mol. The molecule has 0 radical (unpaired) electrons. The molecule has 0 spiro atoms. The number of amides is 2. The summed E-state index contributed by atoms with van der Waals surface area (Å²) in [6.07, 6.45) is 3.15. The fraction of sp³-hybridized carbons (Fsp3) is 0.846. The standard InChI is InChI=1S/C13H24N2O3/c1-12(2)8-6-7-9(12)14-11(18)15(5)13(3,4)10(16)17/h9H,6-8H2,1-5H3,(H,14,18)(H,16,17). The van der Waals surface area contributed by atoms with Crippen molar-refractivity contribution in [3.05, 3.63) is 0 Å². The summed E-state index contributed by atoms with van der Waals surface area (Å²) in [6, 6.07) is -0.195. The van der Waals surface area contributed by atoms with Crippen LogP contribution in [0.5, 0.6) is 0 Å². The molecule has 1 aliphatic carbocycles. The van der Waals surface area contributed by atoms with Gasteiger partial charge in [0.25, 0.3) is 0 Å². The highest BCUT2D eigenvalue weighted by Crippen LogP contribution is 2.37. The van der Waals surface area contributed by atoms with E-state index in [1.807, 2.05) is 0 Å². The summed E-state index contributed by atoms with van der Waals surface area (Å²) < 4.78 is 0. The highest BCUT2D eigenvalue weighted by atomic mass is 16.4. The van der Waals surface area contributed by atoms with E-state index in [1.54, 1.807) is 0 Å². The Kier molecular flexibility index (Phi) is 3.93. The average Bonchev–Trinajstić information content (AvgIpc) is 2.56. The number of urea groups is 1. The first-order valence-electron chi connectivity index (χ1n) is 6.37. The summed E-state index contributed by atoms with van der Waals surface area (Å²) in [4.78, 5) is 24.5. The van der Waals surface area contributed by atoms with Crippen LogP contribution >= 0.6 is 0 Å². The second-order valence-corrected chi connectivity index (χ2v) is 6.31. The Balaban J connectivity index is 2.69. The Labute approximate surface area is 109 Å². The highest BCUT2D eigenvalue weighted by Gasteiger charge is 2.39. The zero-order valence-electron chi connectivity index (χ0n) is 11.9. The second kappa shape index (κ2) is 4.78. The molecule has 5 nitrogen and oxygen atoms in total. The van der Waals surface area contributed by atoms with Crippen LogP contribution < -0.4 is 5.32 Å². The van der Waals surface area contributed by atoms with Crippen LogP contribution in [0.3, 0.4) is 0 Å². The van der Waals surface area contributed by atoms with Crippen LogP contribution in [-0.4, -0.2) is 40.6 Å². The third-order valence-corrected chi connectivity index (χ3v) is 4.22. The minimum Gasteiger partial charge on any atom is -0.480 e. The number of aliphatic carboxylic acids is 1. The van der Waals surface area contributed by atoms with Gasteiger partial charge in [-0.3, -0.25) is 0 Å². The molecule has 0 bridgehead atoms. The number of carbonyl (C=O) groups excluding carboxylic acids is 1. The molecule has 0 heterocycles. The first-order chi connectivity index (χ1) is 8.09. The van der Waals surface area contributed by atoms with Crippen molar-refractivity contribution in [1.29, 1.82) is 0 Å². The number of carboxylic acid groups (broad SMARTS) is 1. The van der Waals surface area contributed by atoms with Gasteiger partial charge in [-0.2, -0.15) is 0 Å². The number of carbonyl (C=O) groups is 2. The Morgan fingerprint density at radius 1 is 1.39 bits per heavy atom. The predicted molar refractivity (Wildman–Crippen MR) is 69.4 cm³/mol. The summed E-state index contributed by atoms with van der Waals surface area (Å²) in [5, 5.41) is 12.1. The van der Waals surface area contributed by atoms with Gasteiger partial charge in [0.05, 0.1) is 0 Å². The van der Waals surface area contributed by atoms with Gasteiger partial charge in [0.2, 0.25) is 0 Å². The highest BCUT2D eigenvalue weighted by molar-refractivity contribution is 5.85. The molecule has 1 unspecified atom stereocenters. The Morgan fingerprint density at radius 2 is 1.94 bits per heavy atom. The van der Waals surface area contributed by atoms with Crippen LogP contribution in [0.15, 0.2) is 0 Å². The Morgan fingerprint density at radius 3 is 2.33 bits per heavy atom. The van der Waals surface area contributed by atoms with Gasteiger partial charge in [0.15, 0.2) is 0 Å². The fourth-order valence-electron chi connectivity index (χ4n) is 2.24. The molecule has 0 aromatic carbocycles. The van der Waals surface area contributed by atoms with Gasteiger partial charge in [-0.15, -0.1) is 0 Å². The molecular weight excluding hydrogens is 232 g/mol. The minimum atomic E-state index is -1.20. The quantitative estimate of drug-likeness (QED) is 0.812. The molecule has 1 aliphatic rings. The molecule has 18 heavy (non-hydrogen) atoms. The summed E-state index contributed by atoms with van der Waals surface area (Å²) in [6.45, 7) is 7.31. The van der Waals surface area contributed by atoms with Crippen molar-refractivity contribution in [2.75, 3.05) is 7.05 Å². The number of hydrogen-bond donors (Lipinski definition) is 2. The van der Waals surface area contributed by atoms with E-state index in [9.17, 15) is 9.59 Å². The number of carboxylic acids is 1. The van der Waals surface area contributed by atoms with Crippen LogP contribution in [0, 0.1) is 5.41 Å². The van der Waals surface area contributed by atoms with Crippen molar-refractivity contribution in [3.8, 4) is 0 Å². The van der Waals surface area contributed by atoms with Gasteiger partial charge >= 0.3 is 12.0 Å². The number of nitrogens with one attached hydrogen (secondary N) is 1. The molecule has 2 amide bonds. The molecule has 0 aromatic rings. The van der Waals surface area contributed by atoms with E-state index in [0.717, 1.165) is 19.3 Å². The normalized spacial score (nSPS) is 22.6. The fourth-order valence-corrected chi connectivity index (χ4v) is 2.24. The van der Waals surface area contributed by atoms with Crippen molar-refractivity contribution in [2.45, 2.75) is 58.5 Å². The lowest BCUT2D eigenvalue weighted by Crippen LogP contribution is -2.56. The molecule has 1 saturated carbocycles. The molecule has 1 rings (SSSR count). The third kappa shape index (κ3) is 2.76. The molecule has 1 atom stereocenters. The molecule has 2 N–H and O–H groups in total. The van der Waals surface area contributed by atoms with Crippen LogP contribution in [0.4, 0.5) is 4.79 Å². The largest absolute Gasteiger partial charge is 0.480 e. The van der Waals surface area contributed by atoms with Crippen molar-refractivity contribution < 1.29 is 14.7 Å². The summed E-state index contributed by atoms with van der Waals surface area (Å²) >= 11 is 0. The Hall–Kier alpha value is -1.26. The molecule has 104 valence electrons. The molecule has 0 aliphatic heterocycles. The van der Waals surface area contributed by atoms with Crippen LogP contribution in [0.2, 0.25) is 0 Å². The van der Waals surface area contributed by atoms with E-state index in [2.05, 4.69) is 19.2 Å². The summed E-state index contributed by atoms with van der Waals surface area (Å²) in [5.74, 6) is -1.01. The van der Waals surface area contributed by atoms with Crippen molar-refractivity contribution in [1.82, 2.24) is 10.2 Å². The first-order valence-corrected chi connectivity index (χ1v) is 6.37. The Bertz CT molecular complexity index is 350. The van der Waals surface area contributed by atoms with Crippen LogP contribution in [-0.2, 0) is 4.79 Å². The molecule has 0 aromatic heterocycles. The van der Waals surface area contributed by atoms with Crippen molar-refractivity contribution >= 4 is 12.0 Å². The molecular formula is C13H24N2O3. The van der Waals surface area contributed by atoms with Crippen LogP contribution in [0.25, 0.3) is 0 Å². The zero-order chi connectivity index (χ0) is 14.1. The van der Waals surface area contributed by atoms with Crippen LogP contribution in [0.1, 0.15) is 47.0 Å². The van der Waals surface area contributed by atoms with Gasteiger partial charge in [-0.25, -0.2) is 9.59 Å². The second-order valence-electron chi connectivity index (χ2n) is 6.31. The van der Waals surface area contributed by atoms with Crippen molar-refractivity contribution in [2.24, 2.45) is 5.41 Å². The lowest BCUT2D eigenvalue weighted by atomic mass is 9.87. The van der Waals surface area contributed by atoms with Gasteiger partial charge in [0.1, 0.15) is 5.54 Å². The first kappa shape index (κ1) is 14.8. The van der Waals surface area contributed by atoms with E-state index in [-0.39, 0.29) is 17.5 Å². The van der Waals surface area contributed by atoms with Gasteiger partial charge in [-0.1, -0.05) is 20.3 Å². The van der Waals surface area contributed by atoms with E-state index in [4.69, 9.17) is 5.11 Å². The molecule has 1 fully saturated rings. The van der Waals surface area contributed by atoms with E-state index >= 15 is 0 Å². The van der Waals surface area contributed by atoms with E-state index in [1.165, 1.54) is 25.8 Å². The number of rotatable bonds is 3. The minimum absolute atomic E-state index is 0.0872. The monoisotopic (exact) mass is 256 g/mol. The number of hydrogen-bond acceptors (Lipinski definition) is 2. The zero-order valence-corrected chi connectivity index (χ0v) is 11.9. The van der Waals surface area contributed by atoms with E-state index in [0.29, 0.717) is 0 Å². The summed E-state index contributed by atoms with van der Waals surface area (Å²) in [5.41, 5.74) is -1.11. The maximum Gasteiger partial charge on any atom is 0.329 e. The molecule has 5 heteroatoms. The smallest absolute Gasteiger partial charge is 0.329 e.